The smallest absolute Gasteiger partial charge is 0.254 e. The van der Waals surface area contributed by atoms with Crippen LogP contribution >= 0.6 is 0 Å². The van der Waals surface area contributed by atoms with E-state index >= 15 is 0 Å². The Morgan fingerprint density at radius 1 is 1.19 bits per heavy atom. The predicted molar refractivity (Wildman–Crippen MR) is 119 cm³/mol. The van der Waals surface area contributed by atoms with Crippen molar-refractivity contribution in [2.75, 3.05) is 20.2 Å². The van der Waals surface area contributed by atoms with Gasteiger partial charge in [-0.05, 0) is 50.8 Å². The number of hydrogen-bond donors (Lipinski definition) is 0. The lowest BCUT2D eigenvalue weighted by atomic mass is 9.76. The average molecular weight is 422 g/mol. The van der Waals surface area contributed by atoms with Crippen LogP contribution in [-0.2, 0) is 11.2 Å². The highest BCUT2D eigenvalue weighted by molar-refractivity contribution is 5.94. The minimum absolute atomic E-state index is 0.0324. The van der Waals surface area contributed by atoms with Gasteiger partial charge in [0.1, 0.15) is 5.75 Å². The minimum Gasteiger partial charge on any atom is -0.496 e. The highest BCUT2D eigenvalue weighted by Crippen LogP contribution is 2.39. The molecule has 0 radical (unpaired) electrons. The van der Waals surface area contributed by atoms with Gasteiger partial charge in [-0.15, -0.1) is 0 Å². The third-order valence-electron chi connectivity index (χ3n) is 6.92. The maximum Gasteiger partial charge on any atom is 0.254 e. The normalized spacial score (nSPS) is 23.3. The van der Waals surface area contributed by atoms with Gasteiger partial charge in [0, 0.05) is 49.5 Å². The second-order valence-corrected chi connectivity index (χ2v) is 8.81. The van der Waals surface area contributed by atoms with Crippen LogP contribution in [0.25, 0.3) is 0 Å². The number of pyridine rings is 1. The van der Waals surface area contributed by atoms with Crippen LogP contribution in [0.5, 0.6) is 5.75 Å². The number of amides is 2. The van der Waals surface area contributed by atoms with E-state index in [4.69, 9.17) is 4.74 Å². The van der Waals surface area contributed by atoms with Crippen molar-refractivity contribution in [3.63, 3.8) is 0 Å². The van der Waals surface area contributed by atoms with Gasteiger partial charge in [-0.3, -0.25) is 14.6 Å². The Morgan fingerprint density at radius 2 is 2.00 bits per heavy atom. The number of aromatic nitrogens is 1. The number of nitrogens with zero attached hydrogens (tertiary/aromatic N) is 3. The van der Waals surface area contributed by atoms with Gasteiger partial charge in [-0.25, -0.2) is 0 Å². The number of carbonyl (C=O) groups excluding carboxylic acids is 2. The van der Waals surface area contributed by atoms with Crippen molar-refractivity contribution in [3.8, 4) is 5.75 Å². The molecule has 0 bridgehead atoms. The largest absolute Gasteiger partial charge is 0.496 e. The molecule has 0 saturated carbocycles. The SMILES string of the molecule is COc1ccccc1Cc1cc(C(=O)N2CCC[C@@]3(C)[C@@H]2CCCN3C(C)=O)ccn1. The zero-order chi connectivity index (χ0) is 22.0. The minimum atomic E-state index is -0.286. The summed E-state index contributed by atoms with van der Waals surface area (Å²) in [6, 6.07) is 11.6. The molecule has 6 heteroatoms. The second-order valence-electron chi connectivity index (χ2n) is 8.81. The van der Waals surface area contributed by atoms with Crippen LogP contribution in [0, 0.1) is 0 Å². The molecule has 4 rings (SSSR count). The van der Waals surface area contributed by atoms with Crippen LogP contribution < -0.4 is 4.74 Å². The molecule has 2 fully saturated rings. The summed E-state index contributed by atoms with van der Waals surface area (Å²) >= 11 is 0. The van der Waals surface area contributed by atoms with Crippen LogP contribution in [-0.4, -0.2) is 58.4 Å². The zero-order valence-electron chi connectivity index (χ0n) is 18.6. The van der Waals surface area contributed by atoms with Crippen LogP contribution in [0.3, 0.4) is 0 Å². The Kier molecular flexibility index (Phi) is 5.99. The van der Waals surface area contributed by atoms with E-state index in [1.165, 1.54) is 0 Å². The Morgan fingerprint density at radius 3 is 2.77 bits per heavy atom. The number of rotatable bonds is 4. The fraction of sp³-hybridized carbons (Fsp3) is 0.480. The van der Waals surface area contributed by atoms with Crippen molar-refractivity contribution in [2.24, 2.45) is 0 Å². The number of hydrogen-bond acceptors (Lipinski definition) is 4. The summed E-state index contributed by atoms with van der Waals surface area (Å²) in [5, 5.41) is 0. The monoisotopic (exact) mass is 421 g/mol. The molecule has 6 nitrogen and oxygen atoms in total. The van der Waals surface area contributed by atoms with Crippen LogP contribution in [0.4, 0.5) is 0 Å². The van der Waals surface area contributed by atoms with Crippen molar-refractivity contribution < 1.29 is 14.3 Å². The van der Waals surface area contributed by atoms with E-state index in [1.54, 1.807) is 26.3 Å². The molecular weight excluding hydrogens is 390 g/mol. The summed E-state index contributed by atoms with van der Waals surface area (Å²) in [7, 11) is 1.66. The molecule has 31 heavy (non-hydrogen) atoms. The Balaban J connectivity index is 1.58. The van der Waals surface area contributed by atoms with Gasteiger partial charge in [-0.1, -0.05) is 18.2 Å². The van der Waals surface area contributed by atoms with Gasteiger partial charge in [0.15, 0.2) is 0 Å². The predicted octanol–water partition coefficient (Wildman–Crippen LogP) is 3.69. The van der Waals surface area contributed by atoms with Crippen molar-refractivity contribution in [3.05, 3.63) is 59.4 Å². The van der Waals surface area contributed by atoms with Gasteiger partial charge in [0.2, 0.25) is 5.91 Å². The molecule has 1 aromatic carbocycles. The Bertz CT molecular complexity index is 976. The summed E-state index contributed by atoms with van der Waals surface area (Å²) in [5.74, 6) is 0.953. The third kappa shape index (κ3) is 4.03. The Hall–Kier alpha value is -2.89. The molecule has 2 saturated heterocycles. The number of para-hydroxylation sites is 1. The van der Waals surface area contributed by atoms with E-state index < -0.39 is 0 Å². The molecule has 0 spiro atoms. The highest BCUT2D eigenvalue weighted by atomic mass is 16.5. The van der Waals surface area contributed by atoms with Gasteiger partial charge >= 0.3 is 0 Å². The number of piperidine rings is 2. The fourth-order valence-corrected chi connectivity index (χ4v) is 5.42. The van der Waals surface area contributed by atoms with Crippen molar-refractivity contribution >= 4 is 11.8 Å². The standard InChI is InChI=1S/C25H31N3O3/c1-18(29)28-15-6-10-23-25(28,2)12-7-14-27(23)24(30)20-11-13-26-21(17-20)16-19-8-4-5-9-22(19)31-3/h4-5,8-9,11,13,17,23H,6-7,10,12,14-16H2,1-3H3/t23-,25-/m0/s1. The molecular formula is C25H31N3O3. The zero-order valence-corrected chi connectivity index (χ0v) is 18.6. The molecule has 1 aromatic heterocycles. The molecule has 2 aliphatic rings. The number of likely N-dealkylation sites (tertiary alicyclic amines) is 2. The lowest BCUT2D eigenvalue weighted by Crippen LogP contribution is -2.67. The topological polar surface area (TPSA) is 62.7 Å². The number of methoxy groups -OCH3 is 1. The lowest BCUT2D eigenvalue weighted by Gasteiger charge is -2.56. The highest BCUT2D eigenvalue weighted by Gasteiger charge is 2.49. The Labute approximate surface area is 184 Å². The summed E-state index contributed by atoms with van der Waals surface area (Å²) in [4.78, 5) is 34.3. The molecule has 0 aliphatic carbocycles. The third-order valence-corrected chi connectivity index (χ3v) is 6.92. The van der Waals surface area contributed by atoms with Gasteiger partial charge in [-0.2, -0.15) is 0 Å². The first-order valence-corrected chi connectivity index (χ1v) is 11.1. The van der Waals surface area contributed by atoms with Gasteiger partial charge in [0.05, 0.1) is 18.7 Å². The molecule has 2 amide bonds. The summed E-state index contributed by atoms with van der Waals surface area (Å²) < 4.78 is 5.45. The quantitative estimate of drug-likeness (QED) is 0.755. The van der Waals surface area contributed by atoms with E-state index in [2.05, 4.69) is 11.9 Å². The van der Waals surface area contributed by atoms with E-state index in [0.717, 1.165) is 55.8 Å². The van der Waals surface area contributed by atoms with Gasteiger partial charge in [0.25, 0.3) is 5.91 Å². The second kappa shape index (κ2) is 8.69. The first kappa shape index (κ1) is 21.3. The van der Waals surface area contributed by atoms with E-state index in [-0.39, 0.29) is 23.4 Å². The van der Waals surface area contributed by atoms with E-state index in [9.17, 15) is 9.59 Å². The van der Waals surface area contributed by atoms with Crippen molar-refractivity contribution in [1.82, 2.24) is 14.8 Å². The van der Waals surface area contributed by atoms with Crippen LogP contribution in [0.1, 0.15) is 61.1 Å². The molecule has 0 unspecified atom stereocenters. The van der Waals surface area contributed by atoms with E-state index in [0.29, 0.717) is 12.0 Å². The molecule has 2 aliphatic heterocycles. The number of fused-ring (bicyclic) bond motifs is 1. The molecule has 0 N–H and O–H groups in total. The summed E-state index contributed by atoms with van der Waals surface area (Å²) in [6.45, 7) is 5.30. The van der Waals surface area contributed by atoms with Crippen molar-refractivity contribution in [1.29, 1.82) is 0 Å². The fourth-order valence-electron chi connectivity index (χ4n) is 5.42. The molecule has 2 aromatic rings. The first-order chi connectivity index (χ1) is 14.9. The molecule has 164 valence electrons. The average Bonchev–Trinajstić information content (AvgIpc) is 2.77. The lowest BCUT2D eigenvalue weighted by molar-refractivity contribution is -0.143. The number of carbonyl (C=O) groups is 2. The number of benzene rings is 1. The van der Waals surface area contributed by atoms with Crippen molar-refractivity contribution in [2.45, 2.75) is 57.5 Å². The maximum atomic E-state index is 13.6. The number of ether oxygens (including phenoxy) is 1. The summed E-state index contributed by atoms with van der Waals surface area (Å²) in [5.41, 5.74) is 2.25. The first-order valence-electron chi connectivity index (χ1n) is 11.1. The molecule has 2 atom stereocenters. The van der Waals surface area contributed by atoms with Gasteiger partial charge < -0.3 is 14.5 Å². The maximum absolute atomic E-state index is 13.6. The van der Waals surface area contributed by atoms with Crippen LogP contribution in [0.2, 0.25) is 0 Å². The molecule has 3 heterocycles. The summed E-state index contributed by atoms with van der Waals surface area (Å²) in [6.07, 6.45) is 6.02. The van der Waals surface area contributed by atoms with Crippen LogP contribution in [0.15, 0.2) is 42.6 Å². The van der Waals surface area contributed by atoms with E-state index in [1.807, 2.05) is 40.1 Å².